The Morgan fingerprint density at radius 2 is 1.76 bits per heavy atom. The molecule has 1 unspecified atom stereocenters. The number of nitrogens with one attached hydrogen (secondary N) is 1. The number of hydrogen-bond acceptors (Lipinski definition) is 4. The first-order chi connectivity index (χ1) is 19.3. The van der Waals surface area contributed by atoms with Crippen molar-refractivity contribution >= 4 is 5.91 Å². The van der Waals surface area contributed by atoms with Crippen LogP contribution >= 0.6 is 0 Å². The predicted molar refractivity (Wildman–Crippen MR) is 163 cm³/mol. The number of fused-ring (bicyclic) bond motifs is 6. The summed E-state index contributed by atoms with van der Waals surface area (Å²) in [6.45, 7) is 17.0. The van der Waals surface area contributed by atoms with Crippen LogP contribution in [0.25, 0.3) is 0 Å². The molecule has 0 radical (unpaired) electrons. The number of amides is 1. The zero-order chi connectivity index (χ0) is 29.4. The van der Waals surface area contributed by atoms with Gasteiger partial charge in [0.1, 0.15) is 5.69 Å². The van der Waals surface area contributed by atoms with Gasteiger partial charge in [-0.1, -0.05) is 83.5 Å². The van der Waals surface area contributed by atoms with Crippen molar-refractivity contribution in [1.82, 2.24) is 15.3 Å². The van der Waals surface area contributed by atoms with Crippen LogP contribution in [0.5, 0.6) is 0 Å². The van der Waals surface area contributed by atoms with E-state index >= 15 is 0 Å². The zero-order valence-corrected chi connectivity index (χ0v) is 26.2. The van der Waals surface area contributed by atoms with Crippen LogP contribution in [0.15, 0.2) is 48.2 Å². The van der Waals surface area contributed by atoms with Gasteiger partial charge in [-0.15, -0.1) is 0 Å². The summed E-state index contributed by atoms with van der Waals surface area (Å²) in [6, 6.07) is 10.2. The van der Waals surface area contributed by atoms with Gasteiger partial charge in [-0.05, 0) is 84.5 Å². The van der Waals surface area contributed by atoms with Crippen LogP contribution in [0.2, 0.25) is 0 Å². The van der Waals surface area contributed by atoms with E-state index in [1.54, 1.807) is 6.20 Å². The molecule has 0 saturated heterocycles. The Hall–Kier alpha value is -2.53. The molecule has 2 N–H and O–H groups in total. The lowest BCUT2D eigenvalue weighted by atomic mass is 9.39. The molecule has 7 atom stereocenters. The quantitative estimate of drug-likeness (QED) is 0.396. The Morgan fingerprint density at radius 3 is 2.46 bits per heavy atom. The van der Waals surface area contributed by atoms with Gasteiger partial charge in [-0.3, -0.25) is 9.78 Å². The number of aromatic nitrogens is 2. The van der Waals surface area contributed by atoms with E-state index in [4.69, 9.17) is 9.97 Å². The van der Waals surface area contributed by atoms with Crippen LogP contribution in [0.3, 0.4) is 0 Å². The second-order valence-electron chi connectivity index (χ2n) is 15.3. The fourth-order valence-electron chi connectivity index (χ4n) is 10.6. The summed E-state index contributed by atoms with van der Waals surface area (Å²) < 4.78 is 0. The largest absolute Gasteiger partial charge is 0.393 e. The number of nitrogens with zero attached hydrogens (tertiary/aromatic N) is 2. The number of aliphatic hydroxyl groups is 1. The van der Waals surface area contributed by atoms with Crippen molar-refractivity contribution in [1.29, 1.82) is 0 Å². The Bertz CT molecular complexity index is 1380. The van der Waals surface area contributed by atoms with Gasteiger partial charge in [0.25, 0.3) is 5.91 Å². The van der Waals surface area contributed by atoms with Crippen LogP contribution in [0, 0.1) is 33.5 Å². The summed E-state index contributed by atoms with van der Waals surface area (Å²) in [6.07, 6.45) is 11.4. The molecular formula is C36H49N3O2. The smallest absolute Gasteiger partial charge is 0.271 e. The van der Waals surface area contributed by atoms with Crippen molar-refractivity contribution in [3.05, 3.63) is 70.8 Å². The van der Waals surface area contributed by atoms with Crippen molar-refractivity contribution in [2.24, 2.45) is 33.5 Å². The summed E-state index contributed by atoms with van der Waals surface area (Å²) in [4.78, 5) is 23.0. The van der Waals surface area contributed by atoms with Gasteiger partial charge in [0.05, 0.1) is 23.7 Å². The van der Waals surface area contributed by atoms with Gasteiger partial charge >= 0.3 is 0 Å². The number of carbonyl (C=O) groups is 1. The van der Waals surface area contributed by atoms with Crippen LogP contribution in [0.1, 0.15) is 108 Å². The summed E-state index contributed by atoms with van der Waals surface area (Å²) in [5.74, 6) is 1.000. The minimum absolute atomic E-state index is 0.00277. The molecule has 4 aliphatic rings. The molecule has 2 fully saturated rings. The van der Waals surface area contributed by atoms with Crippen molar-refractivity contribution in [2.75, 3.05) is 6.54 Å². The molecule has 0 aliphatic heterocycles. The third kappa shape index (κ3) is 4.01. The highest BCUT2D eigenvalue weighted by Crippen LogP contribution is 2.74. The third-order valence-corrected chi connectivity index (χ3v) is 13.0. The summed E-state index contributed by atoms with van der Waals surface area (Å²) in [7, 11) is 0. The molecule has 6 rings (SSSR count). The second-order valence-corrected chi connectivity index (χ2v) is 15.3. The monoisotopic (exact) mass is 555 g/mol. The molecule has 220 valence electrons. The maximum absolute atomic E-state index is 13.1. The third-order valence-electron chi connectivity index (χ3n) is 13.0. The first kappa shape index (κ1) is 28.6. The van der Waals surface area contributed by atoms with E-state index in [1.165, 1.54) is 30.4 Å². The second kappa shape index (κ2) is 9.49. The lowest BCUT2D eigenvalue weighted by molar-refractivity contribution is -0.143. The molecular weight excluding hydrogens is 506 g/mol. The number of allylic oxidation sites excluding steroid dienone is 2. The van der Waals surface area contributed by atoms with Gasteiger partial charge in [-0.25, -0.2) is 4.98 Å². The summed E-state index contributed by atoms with van der Waals surface area (Å²) >= 11 is 0. The first-order valence-corrected chi connectivity index (χ1v) is 15.8. The molecule has 0 spiro atoms. The number of hydrogen-bond donors (Lipinski definition) is 2. The van der Waals surface area contributed by atoms with Crippen LogP contribution in [-0.4, -0.2) is 33.6 Å². The molecule has 0 bridgehead atoms. The van der Waals surface area contributed by atoms with Gasteiger partial charge in [0.2, 0.25) is 0 Å². The highest BCUT2D eigenvalue weighted by Gasteiger charge is 2.68. The Labute approximate surface area is 246 Å². The van der Waals surface area contributed by atoms with E-state index in [2.05, 4.69) is 65.1 Å². The van der Waals surface area contributed by atoms with Crippen molar-refractivity contribution < 1.29 is 9.90 Å². The topological polar surface area (TPSA) is 75.1 Å². The van der Waals surface area contributed by atoms with Gasteiger partial charge in [-0.2, -0.15) is 0 Å². The van der Waals surface area contributed by atoms with E-state index in [0.717, 1.165) is 37.1 Å². The number of rotatable bonds is 5. The van der Waals surface area contributed by atoms with Crippen LogP contribution in [-0.2, 0) is 18.3 Å². The Kier molecular flexibility index (Phi) is 6.62. The molecule has 5 nitrogen and oxygen atoms in total. The molecule has 2 saturated carbocycles. The number of aliphatic hydroxyl groups excluding tert-OH is 1. The van der Waals surface area contributed by atoms with Crippen LogP contribution in [0.4, 0.5) is 0 Å². The molecule has 2 aromatic rings. The van der Waals surface area contributed by atoms with E-state index in [1.807, 2.05) is 25.1 Å². The van der Waals surface area contributed by atoms with E-state index < -0.39 is 0 Å². The van der Waals surface area contributed by atoms with Gasteiger partial charge < -0.3 is 10.4 Å². The highest BCUT2D eigenvalue weighted by atomic mass is 16.3. The van der Waals surface area contributed by atoms with E-state index in [9.17, 15) is 9.90 Å². The van der Waals surface area contributed by atoms with Crippen molar-refractivity contribution in [3.8, 4) is 0 Å². The maximum Gasteiger partial charge on any atom is 0.271 e. The molecule has 1 heterocycles. The average molecular weight is 556 g/mol. The molecule has 1 amide bonds. The minimum Gasteiger partial charge on any atom is -0.393 e. The number of carbonyl (C=O) groups excluding carboxylic acids is 1. The van der Waals surface area contributed by atoms with E-state index in [-0.39, 0.29) is 39.1 Å². The molecule has 1 aromatic heterocycles. The average Bonchev–Trinajstić information content (AvgIpc) is 3.21. The fraction of sp³-hybridized carbons (Fsp3) is 0.639. The normalized spacial score (nSPS) is 37.6. The lowest BCUT2D eigenvalue weighted by Gasteiger charge is -2.65. The van der Waals surface area contributed by atoms with Gasteiger partial charge in [0, 0.05) is 18.4 Å². The highest BCUT2D eigenvalue weighted by molar-refractivity contribution is 5.92. The summed E-state index contributed by atoms with van der Waals surface area (Å²) in [5.41, 5.74) is 5.13. The van der Waals surface area contributed by atoms with E-state index in [0.29, 0.717) is 24.1 Å². The minimum atomic E-state index is -0.290. The van der Waals surface area contributed by atoms with Crippen molar-refractivity contribution in [2.45, 2.75) is 105 Å². The Balaban J connectivity index is 1.28. The molecule has 1 aromatic carbocycles. The first-order valence-electron chi connectivity index (χ1n) is 15.8. The fourth-order valence-corrected chi connectivity index (χ4v) is 10.6. The molecule has 4 aliphatic carbocycles. The zero-order valence-electron chi connectivity index (χ0n) is 26.2. The molecule has 5 heteroatoms. The van der Waals surface area contributed by atoms with Crippen molar-refractivity contribution in [3.63, 3.8) is 0 Å². The SMILES string of the molecule is C[C@H](O)[C@@]1(C)CCC2[C@]3(C)CC=C4C(C)(C)c5nc(C(=O)NCCc6ccccc6)cnc5C[C@]4(C)[C@H]3CC[C@@]21C. The van der Waals surface area contributed by atoms with Gasteiger partial charge in [0.15, 0.2) is 0 Å². The molecule has 41 heavy (non-hydrogen) atoms. The Morgan fingerprint density at radius 1 is 1.05 bits per heavy atom. The predicted octanol–water partition coefficient (Wildman–Crippen LogP) is 6.84. The van der Waals surface area contributed by atoms with Crippen LogP contribution < -0.4 is 5.32 Å². The maximum atomic E-state index is 13.1. The standard InChI is InChI=1S/C36H49N3O2/c1-23(40)35(6)18-15-29-33(4)17-13-27-32(2,3)30-25(21-34(27,5)28(33)14-19-36(29,35)7)38-22-26(39-30)31(41)37-20-16-24-11-9-8-10-12-24/h8-13,22-23,28-29,40H,14-21H2,1-7H3,(H,37,41)/t23-,28-,29?,33+,34-,35+,36-/m0/s1. The lowest BCUT2D eigenvalue weighted by Crippen LogP contribution is -2.60. The number of benzene rings is 1. The summed E-state index contributed by atoms with van der Waals surface area (Å²) in [5, 5.41) is 14.0.